The number of nitrogens with one attached hydrogen (secondary N) is 5. The second kappa shape index (κ2) is 37.6. The summed E-state index contributed by atoms with van der Waals surface area (Å²) in [4.78, 5) is 106. The molecule has 89 heavy (non-hydrogen) atoms. The van der Waals surface area contributed by atoms with Gasteiger partial charge in [-0.1, -0.05) is 6.42 Å². The number of carbonyl (C=O) groups excluding carboxylic acids is 8. The van der Waals surface area contributed by atoms with Crippen LogP contribution in [0, 0.1) is 5.92 Å². The van der Waals surface area contributed by atoms with Crippen LogP contribution in [-0.2, 0) is 76.4 Å². The maximum absolute atomic E-state index is 13.1. The van der Waals surface area contributed by atoms with E-state index < -0.39 is 209 Å². The van der Waals surface area contributed by atoms with Crippen molar-refractivity contribution in [2.24, 2.45) is 5.92 Å². The van der Waals surface area contributed by atoms with E-state index in [2.05, 4.69) is 26.6 Å². The predicted octanol–water partition coefficient (Wildman–Crippen LogP) is -10.4. The zero-order valence-electron chi connectivity index (χ0n) is 49.3. The van der Waals surface area contributed by atoms with E-state index >= 15 is 0 Å². The smallest absolute Gasteiger partial charge is 0.333 e. The lowest BCUT2D eigenvalue weighted by molar-refractivity contribution is -0.361. The summed E-state index contributed by atoms with van der Waals surface area (Å²) in [5.41, 5.74) is 0. The Balaban J connectivity index is 1.05. The molecule has 4 saturated heterocycles. The Morgan fingerprint density at radius 1 is 0.494 bits per heavy atom. The number of hydrogen-bond donors (Lipinski definition) is 18. The number of aliphatic hydroxyl groups is 13. The number of hydrogen-bond acceptors (Lipinski definition) is 30. The van der Waals surface area contributed by atoms with Crippen LogP contribution in [0.1, 0.15) is 77.6 Å². The first-order chi connectivity index (χ1) is 42.3. The molecule has 0 radical (unpaired) electrons. The summed E-state index contributed by atoms with van der Waals surface area (Å²) < 4.78 is 39.1. The molecular formula is C53H89N7O29. The Bertz CT molecular complexity index is 2250. The summed E-state index contributed by atoms with van der Waals surface area (Å²) in [5, 5.41) is 148. The quantitative estimate of drug-likeness (QED) is 0.0205. The first-order valence-corrected chi connectivity index (χ1v) is 29.6. The number of aliphatic hydroxyl groups excluding tert-OH is 13. The fourth-order valence-electron chi connectivity index (χ4n) is 10.1. The van der Waals surface area contributed by atoms with Crippen LogP contribution in [-0.4, -0.2) is 326 Å². The lowest BCUT2D eigenvalue weighted by Crippen LogP contribution is -2.65. The van der Waals surface area contributed by atoms with Crippen LogP contribution >= 0.6 is 0 Å². The van der Waals surface area contributed by atoms with Crippen LogP contribution in [0.2, 0.25) is 0 Å². The molecule has 1 aliphatic carbocycles. The number of nitrogens with zero attached hydrogens (tertiary/aromatic N) is 2. The number of unbranched alkanes of at least 4 members (excludes halogenated alkanes) is 2. The lowest BCUT2D eigenvalue weighted by Gasteiger charge is -2.46. The van der Waals surface area contributed by atoms with Gasteiger partial charge in [0.15, 0.2) is 18.9 Å². The highest BCUT2D eigenvalue weighted by Gasteiger charge is 2.52. The summed E-state index contributed by atoms with van der Waals surface area (Å²) >= 11 is 0. The molecular weight excluding hydrogens is 1200 g/mol. The largest absolute Gasteiger partial charge is 0.396 e. The Hall–Kier alpha value is -4.88. The third-order valence-corrected chi connectivity index (χ3v) is 15.3. The van der Waals surface area contributed by atoms with Crippen molar-refractivity contribution >= 4 is 47.3 Å². The van der Waals surface area contributed by atoms with Crippen molar-refractivity contribution in [3.63, 3.8) is 0 Å². The van der Waals surface area contributed by atoms with Crippen molar-refractivity contribution in [3.8, 4) is 0 Å². The van der Waals surface area contributed by atoms with Gasteiger partial charge in [0.2, 0.25) is 29.5 Å². The SMILES string of the molecule is C[C@@H]1O[C@@H](OCCNC(=O)CCCNC(=O)CN(CC(=O)NCCCCCC(=O)ON2C(=O)CCC2=O)CC(=O)NCCCC(=O)NCCO[C@H]2O[C@H](CO[C@H]3C[C@H](CO)[C@@H](O)[C@H](O)[C@@H]3O)[C@@H](O)[C@H](O[C@H]3O[C@H](CO)[C@@H](O)[C@H](O)[C@@H]3O)[C@@H]2O)[C@@H](O)[C@H](O)[C@@H]1O. The molecule has 1 saturated carbocycles. The van der Waals surface area contributed by atoms with Gasteiger partial charge in [0.25, 0.3) is 11.8 Å². The van der Waals surface area contributed by atoms with Crippen LogP contribution < -0.4 is 26.6 Å². The maximum Gasteiger partial charge on any atom is 0.333 e. The minimum Gasteiger partial charge on any atom is -0.396 e. The van der Waals surface area contributed by atoms with Gasteiger partial charge < -0.3 is 131 Å². The van der Waals surface area contributed by atoms with E-state index in [1.165, 1.54) is 11.8 Å². The molecule has 0 bridgehead atoms. The van der Waals surface area contributed by atoms with E-state index in [-0.39, 0.29) is 97.3 Å². The number of rotatable bonds is 36. The van der Waals surface area contributed by atoms with Gasteiger partial charge in [-0.25, -0.2) is 4.79 Å². The minimum atomic E-state index is -1.95. The second-order valence-corrected chi connectivity index (χ2v) is 22.2. The molecule has 5 rings (SSSR count). The van der Waals surface area contributed by atoms with Crippen molar-refractivity contribution in [1.82, 2.24) is 36.5 Å². The Morgan fingerprint density at radius 3 is 1.54 bits per heavy atom. The summed E-state index contributed by atoms with van der Waals surface area (Å²) in [5.74, 6) is -5.56. The normalized spacial score (nSPS) is 33.2. The Morgan fingerprint density at radius 2 is 0.989 bits per heavy atom. The van der Waals surface area contributed by atoms with Gasteiger partial charge in [-0.15, -0.1) is 5.06 Å². The van der Waals surface area contributed by atoms with Crippen LogP contribution in [0.25, 0.3) is 0 Å². The van der Waals surface area contributed by atoms with Crippen molar-refractivity contribution in [2.45, 2.75) is 194 Å². The van der Waals surface area contributed by atoms with Crippen LogP contribution in [0.4, 0.5) is 0 Å². The molecule has 20 atom stereocenters. The van der Waals surface area contributed by atoms with E-state index in [9.17, 15) is 105 Å². The lowest BCUT2D eigenvalue weighted by atomic mass is 9.81. The highest BCUT2D eigenvalue weighted by molar-refractivity contribution is 6.01. The van der Waals surface area contributed by atoms with Crippen LogP contribution in [0.5, 0.6) is 0 Å². The van der Waals surface area contributed by atoms with E-state index in [1.807, 2.05) is 0 Å². The Labute approximate surface area is 510 Å². The Kier molecular flexibility index (Phi) is 31.6. The van der Waals surface area contributed by atoms with Crippen LogP contribution in [0.15, 0.2) is 0 Å². The topological polar surface area (TPSA) is 540 Å². The number of imide groups is 1. The molecule has 18 N–H and O–H groups in total. The molecule has 0 aromatic heterocycles. The summed E-state index contributed by atoms with van der Waals surface area (Å²) in [6.07, 6.45) is -28.9. The molecule has 4 heterocycles. The standard InChI is InChI=1S/C53H89N7O29/c1-26-39(71)44(76)47(79)51(85-26)82-17-15-57-31(63)7-5-13-55-34(66)21-59(20-33(65)54-12-4-2-3-9-38(70)89-60-36(68)10-11-37(60)69)22-35(67)56-14-6-8-32(64)58-16-18-83-52-49(81)50(88-53-48(80)46(78)42(74)29(24-62)86-53)43(75)30(87-52)25-84-28-19-27(23-61)40(72)45(77)41(28)73/h26-30,39-53,61-62,71-81H,2-25H2,1H3,(H,54,65)(H,55,66)(H,56,67)(H,57,63)(H,58,64)/t26-,27+,28-,29+,30+,39+,40+,41+,42+,43+,44+,45-,46-,47-,48-,49-,50-,51+,52-,53+/m0/s1. The number of ether oxygens (including phenoxy) is 7. The highest BCUT2D eigenvalue weighted by Crippen LogP contribution is 2.32. The average Bonchev–Trinajstić information content (AvgIpc) is 3.62. The van der Waals surface area contributed by atoms with Gasteiger partial charge in [0.05, 0.1) is 64.4 Å². The van der Waals surface area contributed by atoms with Crippen molar-refractivity contribution < 1.29 is 143 Å². The van der Waals surface area contributed by atoms with Gasteiger partial charge >= 0.3 is 5.97 Å². The molecule has 5 fully saturated rings. The van der Waals surface area contributed by atoms with E-state index in [4.69, 9.17) is 38.0 Å². The fraction of sp³-hybridized carbons (Fsp3) is 0.849. The average molecular weight is 1290 g/mol. The zero-order chi connectivity index (χ0) is 65.5. The number of carbonyl (C=O) groups is 8. The van der Waals surface area contributed by atoms with Gasteiger partial charge in [-0.3, -0.25) is 38.5 Å². The van der Waals surface area contributed by atoms with Gasteiger partial charge in [0, 0.05) is 77.4 Å². The molecule has 0 spiro atoms. The summed E-state index contributed by atoms with van der Waals surface area (Å²) in [7, 11) is 0. The first kappa shape index (κ1) is 74.8. The zero-order valence-corrected chi connectivity index (χ0v) is 49.3. The van der Waals surface area contributed by atoms with Gasteiger partial charge in [-0.2, -0.15) is 0 Å². The van der Waals surface area contributed by atoms with E-state index in [1.54, 1.807) is 0 Å². The van der Waals surface area contributed by atoms with Crippen LogP contribution in [0.3, 0.4) is 0 Å². The first-order valence-electron chi connectivity index (χ1n) is 29.6. The molecule has 0 unspecified atom stereocenters. The maximum atomic E-state index is 13.1. The molecule has 0 aromatic carbocycles. The molecule has 0 aromatic rings. The molecule has 36 heteroatoms. The third-order valence-electron chi connectivity index (χ3n) is 15.3. The summed E-state index contributed by atoms with van der Waals surface area (Å²) in [6, 6.07) is 0. The van der Waals surface area contributed by atoms with E-state index in [0.717, 1.165) is 0 Å². The molecule has 510 valence electrons. The second-order valence-electron chi connectivity index (χ2n) is 22.2. The minimum absolute atomic E-state index is 0.0114. The van der Waals surface area contributed by atoms with Crippen molar-refractivity contribution in [3.05, 3.63) is 0 Å². The molecule has 5 aliphatic rings. The van der Waals surface area contributed by atoms with Crippen molar-refractivity contribution in [1.29, 1.82) is 0 Å². The number of amides is 7. The number of hydroxylamine groups is 2. The van der Waals surface area contributed by atoms with Crippen molar-refractivity contribution in [2.75, 3.05) is 85.4 Å². The summed E-state index contributed by atoms with van der Waals surface area (Å²) in [6.45, 7) is -2.27. The van der Waals surface area contributed by atoms with Gasteiger partial charge in [-0.05, 0) is 39.0 Å². The molecule has 36 nitrogen and oxygen atoms in total. The fourth-order valence-corrected chi connectivity index (χ4v) is 10.1. The molecule has 7 amide bonds. The molecule has 4 aliphatic heterocycles. The predicted molar refractivity (Wildman–Crippen MR) is 292 cm³/mol. The van der Waals surface area contributed by atoms with E-state index in [0.29, 0.717) is 24.3 Å². The van der Waals surface area contributed by atoms with Gasteiger partial charge in [0.1, 0.15) is 79.4 Å². The monoisotopic (exact) mass is 1290 g/mol. The third kappa shape index (κ3) is 23.0. The highest BCUT2D eigenvalue weighted by atomic mass is 16.7.